The van der Waals surface area contributed by atoms with Crippen molar-refractivity contribution >= 4 is 0 Å². The number of aliphatic hydroxyl groups is 1. The van der Waals surface area contributed by atoms with Gasteiger partial charge in [0.1, 0.15) is 0 Å². The number of nitrogens with one attached hydrogen (secondary N) is 1. The van der Waals surface area contributed by atoms with Crippen molar-refractivity contribution in [1.82, 2.24) is 15.1 Å². The van der Waals surface area contributed by atoms with Crippen LogP contribution >= 0.6 is 0 Å². The van der Waals surface area contributed by atoms with Crippen molar-refractivity contribution < 1.29 is 9.84 Å². The van der Waals surface area contributed by atoms with E-state index in [1.165, 1.54) is 0 Å². The van der Waals surface area contributed by atoms with Crippen LogP contribution in [0.25, 0.3) is 0 Å². The number of aliphatic hydroxyl groups excluding tert-OH is 1. The Bertz CT molecular complexity index is 332. The van der Waals surface area contributed by atoms with Gasteiger partial charge in [0.25, 0.3) is 0 Å². The average molecular weight is 225 g/mol. The molecule has 0 saturated carbocycles. The topological polar surface area (TPSA) is 59.3 Å². The zero-order chi connectivity index (χ0) is 11.4. The van der Waals surface area contributed by atoms with Crippen molar-refractivity contribution in [3.8, 4) is 0 Å². The van der Waals surface area contributed by atoms with Gasteiger partial charge in [-0.15, -0.1) is 0 Å². The minimum Gasteiger partial charge on any atom is -0.394 e. The first-order chi connectivity index (χ1) is 7.72. The van der Waals surface area contributed by atoms with Crippen LogP contribution in [0.15, 0.2) is 12.4 Å². The maximum Gasteiger partial charge on any atom is 0.0646 e. The Kier molecular flexibility index (Phi) is 3.58. The second kappa shape index (κ2) is 4.95. The smallest absolute Gasteiger partial charge is 0.0646 e. The number of ether oxygens (including phenoxy) is 1. The van der Waals surface area contributed by atoms with Crippen LogP contribution in [0.4, 0.5) is 0 Å². The number of rotatable bonds is 5. The Hall–Kier alpha value is -0.910. The maximum absolute atomic E-state index is 8.78. The molecule has 1 aromatic heterocycles. The van der Waals surface area contributed by atoms with Gasteiger partial charge in [0.2, 0.25) is 0 Å². The molecule has 16 heavy (non-hydrogen) atoms. The fourth-order valence-corrected chi connectivity index (χ4v) is 1.84. The third kappa shape index (κ3) is 2.81. The Morgan fingerprint density at radius 3 is 3.25 bits per heavy atom. The molecule has 5 heteroatoms. The van der Waals surface area contributed by atoms with Crippen LogP contribution in [0.2, 0.25) is 0 Å². The maximum atomic E-state index is 8.78. The molecule has 0 aliphatic carbocycles. The van der Waals surface area contributed by atoms with Gasteiger partial charge in [-0.1, -0.05) is 0 Å². The Balaban J connectivity index is 1.84. The van der Waals surface area contributed by atoms with Gasteiger partial charge < -0.3 is 15.2 Å². The molecule has 2 rings (SSSR count). The van der Waals surface area contributed by atoms with Gasteiger partial charge in [0.15, 0.2) is 0 Å². The molecule has 0 amide bonds. The zero-order valence-electron chi connectivity index (χ0n) is 9.65. The zero-order valence-corrected chi connectivity index (χ0v) is 9.65. The predicted molar refractivity (Wildman–Crippen MR) is 60.0 cm³/mol. The van der Waals surface area contributed by atoms with Crippen LogP contribution in [0.1, 0.15) is 18.9 Å². The summed E-state index contributed by atoms with van der Waals surface area (Å²) in [5.41, 5.74) is 1.24. The number of hydrogen-bond acceptors (Lipinski definition) is 4. The molecule has 2 heterocycles. The summed E-state index contributed by atoms with van der Waals surface area (Å²) in [5.74, 6) is 0. The van der Waals surface area contributed by atoms with Crippen LogP contribution in [0.5, 0.6) is 0 Å². The lowest BCUT2D eigenvalue weighted by molar-refractivity contribution is 0.171. The SMILES string of the molecule is CC1(NCc2cnn(CCO)c2)CCOC1. The molecular formula is C11H19N3O2. The highest BCUT2D eigenvalue weighted by Gasteiger charge is 2.28. The standard InChI is InChI=1S/C11H19N3O2/c1-11(2-5-16-9-11)12-6-10-7-13-14(8-10)3-4-15/h7-8,12,15H,2-6,9H2,1H3. The molecule has 1 aliphatic heterocycles. The van der Waals surface area contributed by atoms with Gasteiger partial charge in [-0.25, -0.2) is 0 Å². The molecule has 1 aromatic rings. The molecular weight excluding hydrogens is 206 g/mol. The summed E-state index contributed by atoms with van der Waals surface area (Å²) in [6.45, 7) is 5.27. The van der Waals surface area contributed by atoms with Crippen LogP contribution in [0, 0.1) is 0 Å². The fourth-order valence-electron chi connectivity index (χ4n) is 1.84. The fraction of sp³-hybridized carbons (Fsp3) is 0.727. The highest BCUT2D eigenvalue weighted by atomic mass is 16.5. The Morgan fingerprint density at radius 1 is 1.69 bits per heavy atom. The van der Waals surface area contributed by atoms with Crippen molar-refractivity contribution in [3.05, 3.63) is 18.0 Å². The minimum atomic E-state index is 0.0963. The first kappa shape index (κ1) is 11.6. The predicted octanol–water partition coefficient (Wildman–Crippen LogP) is 0.144. The van der Waals surface area contributed by atoms with Crippen molar-refractivity contribution in [2.24, 2.45) is 0 Å². The molecule has 0 spiro atoms. The second-order valence-electron chi connectivity index (χ2n) is 4.55. The highest BCUT2D eigenvalue weighted by molar-refractivity contribution is 5.04. The van der Waals surface area contributed by atoms with E-state index in [1.54, 1.807) is 4.68 Å². The highest BCUT2D eigenvalue weighted by Crippen LogP contribution is 2.17. The van der Waals surface area contributed by atoms with E-state index in [1.807, 2.05) is 12.4 Å². The minimum absolute atomic E-state index is 0.0963. The molecule has 2 N–H and O–H groups in total. The molecule has 1 fully saturated rings. The van der Waals surface area contributed by atoms with Crippen molar-refractivity contribution in [1.29, 1.82) is 0 Å². The number of hydrogen-bond donors (Lipinski definition) is 2. The third-order valence-corrected chi connectivity index (χ3v) is 2.95. The van der Waals surface area contributed by atoms with Gasteiger partial charge in [-0.3, -0.25) is 4.68 Å². The average Bonchev–Trinajstić information content (AvgIpc) is 2.86. The van der Waals surface area contributed by atoms with Crippen LogP contribution in [0.3, 0.4) is 0 Å². The van der Waals surface area contributed by atoms with E-state index < -0.39 is 0 Å². The van der Waals surface area contributed by atoms with E-state index in [4.69, 9.17) is 9.84 Å². The summed E-state index contributed by atoms with van der Waals surface area (Å²) in [5, 5.41) is 16.4. The van der Waals surface area contributed by atoms with Gasteiger partial charge in [0.05, 0.1) is 26.0 Å². The van der Waals surface area contributed by atoms with Crippen LogP contribution < -0.4 is 5.32 Å². The second-order valence-corrected chi connectivity index (χ2v) is 4.55. The first-order valence-corrected chi connectivity index (χ1v) is 5.67. The Morgan fingerprint density at radius 2 is 2.56 bits per heavy atom. The summed E-state index contributed by atoms with van der Waals surface area (Å²) < 4.78 is 7.13. The van der Waals surface area contributed by atoms with Crippen molar-refractivity contribution in [2.45, 2.75) is 32.0 Å². The van der Waals surface area contributed by atoms with E-state index in [2.05, 4.69) is 17.3 Å². The van der Waals surface area contributed by atoms with Gasteiger partial charge in [-0.05, 0) is 13.3 Å². The molecule has 1 unspecified atom stereocenters. The molecule has 5 nitrogen and oxygen atoms in total. The molecule has 90 valence electrons. The molecule has 0 aromatic carbocycles. The number of aromatic nitrogens is 2. The van der Waals surface area contributed by atoms with Gasteiger partial charge in [-0.2, -0.15) is 5.10 Å². The lowest BCUT2D eigenvalue weighted by Crippen LogP contribution is -2.42. The lowest BCUT2D eigenvalue weighted by Gasteiger charge is -2.23. The summed E-state index contributed by atoms with van der Waals surface area (Å²) in [6.07, 6.45) is 4.85. The van der Waals surface area contributed by atoms with Gasteiger partial charge in [0, 0.05) is 30.5 Å². The summed E-state index contributed by atoms with van der Waals surface area (Å²) in [7, 11) is 0. The molecule has 1 saturated heterocycles. The molecule has 1 atom stereocenters. The summed E-state index contributed by atoms with van der Waals surface area (Å²) in [4.78, 5) is 0. The van der Waals surface area contributed by atoms with E-state index in [0.29, 0.717) is 6.54 Å². The molecule has 0 radical (unpaired) electrons. The van der Waals surface area contributed by atoms with Crippen LogP contribution in [-0.2, 0) is 17.8 Å². The number of nitrogens with zero attached hydrogens (tertiary/aromatic N) is 2. The molecule has 0 bridgehead atoms. The summed E-state index contributed by atoms with van der Waals surface area (Å²) in [6, 6.07) is 0. The Labute approximate surface area is 95.4 Å². The monoisotopic (exact) mass is 225 g/mol. The van der Waals surface area contributed by atoms with E-state index in [0.717, 1.165) is 31.7 Å². The van der Waals surface area contributed by atoms with Crippen molar-refractivity contribution in [2.75, 3.05) is 19.8 Å². The summed E-state index contributed by atoms with van der Waals surface area (Å²) >= 11 is 0. The van der Waals surface area contributed by atoms with Gasteiger partial charge >= 0.3 is 0 Å². The lowest BCUT2D eigenvalue weighted by atomic mass is 10.0. The van der Waals surface area contributed by atoms with E-state index in [-0.39, 0.29) is 12.1 Å². The largest absolute Gasteiger partial charge is 0.394 e. The third-order valence-electron chi connectivity index (χ3n) is 2.95. The van der Waals surface area contributed by atoms with Crippen molar-refractivity contribution in [3.63, 3.8) is 0 Å². The quantitative estimate of drug-likeness (QED) is 0.748. The van der Waals surface area contributed by atoms with E-state index in [9.17, 15) is 0 Å². The first-order valence-electron chi connectivity index (χ1n) is 5.67. The normalized spacial score (nSPS) is 25.1. The van der Waals surface area contributed by atoms with Crippen LogP contribution in [-0.4, -0.2) is 40.2 Å². The molecule has 1 aliphatic rings. The van der Waals surface area contributed by atoms with E-state index >= 15 is 0 Å².